The van der Waals surface area contributed by atoms with Crippen molar-refractivity contribution in [2.75, 3.05) is 0 Å². The average molecular weight is 619 g/mol. The molecule has 1 aliphatic carbocycles. The zero-order valence-electron chi connectivity index (χ0n) is 29.0. The first-order chi connectivity index (χ1) is 23.2. The number of rotatable bonds is 17. The zero-order chi connectivity index (χ0) is 32.5. The molecule has 5 aromatic rings. The fourth-order valence-electron chi connectivity index (χ4n) is 8.25. The summed E-state index contributed by atoms with van der Waals surface area (Å²) >= 11 is 0. The highest BCUT2D eigenvalue weighted by Crippen LogP contribution is 2.55. The molecule has 47 heavy (non-hydrogen) atoms. The summed E-state index contributed by atoms with van der Waals surface area (Å²) in [6.07, 6.45) is 25.3. The van der Waals surface area contributed by atoms with Crippen LogP contribution in [-0.4, -0.2) is 0 Å². The minimum absolute atomic E-state index is 0.0647. The Morgan fingerprint density at radius 3 is 1.55 bits per heavy atom. The molecule has 6 rings (SSSR count). The molecule has 5 aromatic carbocycles. The number of benzene rings is 5. The van der Waals surface area contributed by atoms with Gasteiger partial charge in [0.2, 0.25) is 0 Å². The van der Waals surface area contributed by atoms with Crippen LogP contribution in [0.15, 0.2) is 97.6 Å². The molecule has 0 spiro atoms. The van der Waals surface area contributed by atoms with Crippen LogP contribution in [0, 0.1) is 0 Å². The van der Waals surface area contributed by atoms with Crippen LogP contribution in [0.4, 0.5) is 0 Å². The fourth-order valence-corrected chi connectivity index (χ4v) is 8.25. The summed E-state index contributed by atoms with van der Waals surface area (Å²) in [5.41, 5.74) is 9.91. The van der Waals surface area contributed by atoms with Crippen LogP contribution in [0.1, 0.15) is 132 Å². The second kappa shape index (κ2) is 15.8. The van der Waals surface area contributed by atoms with E-state index in [4.69, 9.17) is 0 Å². The van der Waals surface area contributed by atoms with Gasteiger partial charge in [0.15, 0.2) is 0 Å². The lowest BCUT2D eigenvalue weighted by Gasteiger charge is -2.33. The van der Waals surface area contributed by atoms with Gasteiger partial charge in [0.05, 0.1) is 0 Å². The predicted octanol–water partition coefficient (Wildman–Crippen LogP) is 14.6. The molecule has 0 aromatic heterocycles. The highest BCUT2D eigenvalue weighted by atomic mass is 14.4. The van der Waals surface area contributed by atoms with Crippen molar-refractivity contribution in [3.05, 3.63) is 125 Å². The van der Waals surface area contributed by atoms with Crippen LogP contribution < -0.4 is 0 Å². The minimum Gasteiger partial charge on any atom is -0.0985 e. The molecule has 0 saturated heterocycles. The van der Waals surface area contributed by atoms with Gasteiger partial charge in [-0.1, -0.05) is 201 Å². The summed E-state index contributed by atoms with van der Waals surface area (Å²) in [4.78, 5) is 0. The van der Waals surface area contributed by atoms with E-state index in [0.717, 1.165) is 0 Å². The first-order valence-corrected chi connectivity index (χ1v) is 18.7. The van der Waals surface area contributed by atoms with Gasteiger partial charge in [-0.25, -0.2) is 0 Å². The summed E-state index contributed by atoms with van der Waals surface area (Å²) < 4.78 is 0. The molecule has 0 N–H and O–H groups in total. The number of fused-ring (bicyclic) bond motifs is 5. The van der Waals surface area contributed by atoms with E-state index < -0.39 is 0 Å². The number of hydrogen-bond donors (Lipinski definition) is 0. The molecule has 0 heteroatoms. The Kier molecular flexibility index (Phi) is 11.1. The smallest absolute Gasteiger partial charge is 0.0215 e. The first kappa shape index (κ1) is 33.0. The van der Waals surface area contributed by atoms with Crippen molar-refractivity contribution in [3.63, 3.8) is 0 Å². The van der Waals surface area contributed by atoms with Crippen LogP contribution in [0.5, 0.6) is 0 Å². The SMILES string of the molecule is C=Cc1ccc2c(c1)C(CCCCCCCC)(CCCCCCCC)c1cc(/C=C/c3c4ccccc4cc4ccccc34)ccc1-2. The molecule has 0 heterocycles. The lowest BCUT2D eigenvalue weighted by atomic mass is 9.70. The largest absolute Gasteiger partial charge is 0.0985 e. The van der Waals surface area contributed by atoms with E-state index in [1.165, 1.54) is 139 Å². The Hall–Kier alpha value is -3.90. The minimum atomic E-state index is 0.0647. The Bertz CT molecular complexity index is 1760. The topological polar surface area (TPSA) is 0 Å². The second-order valence-corrected chi connectivity index (χ2v) is 14.0. The maximum Gasteiger partial charge on any atom is 0.0215 e. The van der Waals surface area contributed by atoms with Crippen molar-refractivity contribution in [1.29, 1.82) is 0 Å². The van der Waals surface area contributed by atoms with Crippen molar-refractivity contribution < 1.29 is 0 Å². The Balaban J connectivity index is 1.39. The third-order valence-electron chi connectivity index (χ3n) is 10.8. The highest BCUT2D eigenvalue weighted by molar-refractivity contribution is 6.08. The van der Waals surface area contributed by atoms with Crippen LogP contribution in [0.3, 0.4) is 0 Å². The molecule has 1 aliphatic rings. The van der Waals surface area contributed by atoms with E-state index in [0.29, 0.717) is 0 Å². The van der Waals surface area contributed by atoms with Crippen LogP contribution in [0.2, 0.25) is 0 Å². The summed E-state index contributed by atoms with van der Waals surface area (Å²) in [7, 11) is 0. The lowest BCUT2D eigenvalue weighted by molar-refractivity contribution is 0.398. The van der Waals surface area contributed by atoms with Gasteiger partial charge in [0.1, 0.15) is 0 Å². The van der Waals surface area contributed by atoms with Crippen molar-refractivity contribution in [3.8, 4) is 11.1 Å². The quantitative estimate of drug-likeness (QED) is 0.0552. The van der Waals surface area contributed by atoms with Gasteiger partial charge in [-0.2, -0.15) is 0 Å². The van der Waals surface area contributed by atoms with Crippen molar-refractivity contribution >= 4 is 39.8 Å². The van der Waals surface area contributed by atoms with Gasteiger partial charge < -0.3 is 0 Å². The molecule has 0 atom stereocenters. The fraction of sp³-hybridized carbons (Fsp3) is 0.362. The second-order valence-electron chi connectivity index (χ2n) is 14.0. The summed E-state index contributed by atoms with van der Waals surface area (Å²) in [5, 5.41) is 5.22. The first-order valence-electron chi connectivity index (χ1n) is 18.7. The monoisotopic (exact) mass is 618 g/mol. The maximum atomic E-state index is 4.16. The van der Waals surface area contributed by atoms with E-state index in [9.17, 15) is 0 Å². The predicted molar refractivity (Wildman–Crippen MR) is 209 cm³/mol. The van der Waals surface area contributed by atoms with Crippen molar-refractivity contribution in [2.24, 2.45) is 0 Å². The lowest BCUT2D eigenvalue weighted by Crippen LogP contribution is -2.25. The van der Waals surface area contributed by atoms with E-state index in [2.05, 4.69) is 124 Å². The third-order valence-corrected chi connectivity index (χ3v) is 10.8. The van der Waals surface area contributed by atoms with Gasteiger partial charge >= 0.3 is 0 Å². The maximum absolute atomic E-state index is 4.16. The third kappa shape index (κ3) is 7.18. The van der Waals surface area contributed by atoms with Gasteiger partial charge in [-0.3, -0.25) is 0 Å². The van der Waals surface area contributed by atoms with Gasteiger partial charge in [0, 0.05) is 5.41 Å². The molecule has 0 nitrogen and oxygen atoms in total. The molecular weight excluding hydrogens is 565 g/mol. The number of unbranched alkanes of at least 4 members (excludes halogenated alkanes) is 10. The molecule has 0 unspecified atom stereocenters. The van der Waals surface area contributed by atoms with Crippen LogP contribution in [-0.2, 0) is 5.41 Å². The van der Waals surface area contributed by atoms with Gasteiger partial charge in [0.25, 0.3) is 0 Å². The molecule has 0 saturated carbocycles. The van der Waals surface area contributed by atoms with E-state index >= 15 is 0 Å². The van der Waals surface area contributed by atoms with Crippen LogP contribution >= 0.6 is 0 Å². The molecule has 0 fully saturated rings. The molecule has 242 valence electrons. The highest BCUT2D eigenvalue weighted by Gasteiger charge is 2.42. The van der Waals surface area contributed by atoms with Gasteiger partial charge in [-0.05, 0) is 79.4 Å². The molecule has 0 aliphatic heterocycles. The Morgan fingerprint density at radius 2 is 1.00 bits per heavy atom. The van der Waals surface area contributed by atoms with Crippen LogP contribution in [0.25, 0.3) is 50.9 Å². The summed E-state index contributed by atoms with van der Waals surface area (Å²) in [6.45, 7) is 8.79. The van der Waals surface area contributed by atoms with Crippen molar-refractivity contribution in [1.82, 2.24) is 0 Å². The van der Waals surface area contributed by atoms with E-state index in [1.807, 2.05) is 6.08 Å². The average Bonchev–Trinajstić information content (AvgIpc) is 3.37. The number of hydrogen-bond acceptors (Lipinski definition) is 0. The van der Waals surface area contributed by atoms with Gasteiger partial charge in [-0.15, -0.1) is 0 Å². The molecule has 0 radical (unpaired) electrons. The summed E-state index contributed by atoms with van der Waals surface area (Å²) in [5.74, 6) is 0. The molecular formula is C47H54. The standard InChI is InChI=1S/C47H54/c1-4-7-9-11-13-19-31-47(32-20-14-12-10-8-5-2)45-33-36(6-3)25-29-43(45)44-30-27-37(34-46(44)47)26-28-42-40-23-17-15-21-38(40)35-39-22-16-18-24-41(39)42/h6,15-18,21-30,33-35H,3-5,7-14,19-20,31-32H2,1-2H3/b28-26+. The van der Waals surface area contributed by atoms with E-state index in [-0.39, 0.29) is 5.41 Å². The molecule has 0 amide bonds. The zero-order valence-corrected chi connectivity index (χ0v) is 29.0. The Labute approximate surface area is 284 Å². The normalized spacial score (nSPS) is 13.4. The van der Waals surface area contributed by atoms with E-state index in [1.54, 1.807) is 11.1 Å². The summed E-state index contributed by atoms with van der Waals surface area (Å²) in [6, 6.07) is 34.4. The van der Waals surface area contributed by atoms with Crippen molar-refractivity contribution in [2.45, 2.75) is 109 Å². The Morgan fingerprint density at radius 1 is 0.511 bits per heavy atom. The molecule has 0 bridgehead atoms.